The van der Waals surface area contributed by atoms with Crippen molar-refractivity contribution < 1.29 is 9.72 Å². The van der Waals surface area contributed by atoms with Gasteiger partial charge in [0.25, 0.3) is 0 Å². The number of rotatable bonds is 4. The Hall–Kier alpha value is -2.44. The fourth-order valence-electron chi connectivity index (χ4n) is 2.07. The maximum Gasteiger partial charge on any atom is 0.312 e. The summed E-state index contributed by atoms with van der Waals surface area (Å²) >= 11 is 0. The van der Waals surface area contributed by atoms with Crippen LogP contribution in [0.3, 0.4) is 0 Å². The molecule has 2 aromatic heterocycles. The molecule has 7 nitrogen and oxygen atoms in total. The molecule has 0 aromatic carbocycles. The normalized spacial score (nSPS) is 10.7. The number of hydrogen-bond acceptors (Lipinski definition) is 4. The van der Waals surface area contributed by atoms with Crippen LogP contribution < -0.4 is 0 Å². The molecule has 0 aliphatic carbocycles. The zero-order valence-electron chi connectivity index (χ0n) is 11.0. The van der Waals surface area contributed by atoms with Crippen LogP contribution in [0.15, 0.2) is 18.3 Å². The van der Waals surface area contributed by atoms with Crippen molar-refractivity contribution in [3.05, 3.63) is 45.5 Å². The summed E-state index contributed by atoms with van der Waals surface area (Å²) < 4.78 is 3.09. The highest BCUT2D eigenvalue weighted by atomic mass is 16.6. The third-order valence-corrected chi connectivity index (χ3v) is 3.05. The number of aromatic nitrogens is 3. The molecule has 0 fully saturated rings. The fraction of sp³-hybridized carbons (Fsp3) is 0.333. The summed E-state index contributed by atoms with van der Waals surface area (Å²) in [6.45, 7) is 3.16. The monoisotopic (exact) mass is 262 g/mol. The molecule has 0 bridgehead atoms. The number of Topliss-reactive ketones (excluding diaryl/α,β-unsaturated/α-hetero) is 1. The molecule has 0 radical (unpaired) electrons. The van der Waals surface area contributed by atoms with E-state index in [0.29, 0.717) is 17.1 Å². The fourth-order valence-corrected chi connectivity index (χ4v) is 2.07. The molecule has 0 spiro atoms. The lowest BCUT2D eigenvalue weighted by atomic mass is 10.2. The first-order valence-electron chi connectivity index (χ1n) is 5.74. The van der Waals surface area contributed by atoms with Crippen LogP contribution in [0, 0.1) is 24.0 Å². The number of nitrogens with zero attached hydrogens (tertiary/aromatic N) is 4. The standard InChI is InChI=1S/C12H14N4O3/c1-8-12(16(18)19)9(2)15(13-8)7-11(17)10-5-4-6-14(10)3/h4-6H,7H2,1-3H3. The predicted octanol–water partition coefficient (Wildman–Crippen LogP) is 1.63. The summed E-state index contributed by atoms with van der Waals surface area (Å²) in [6.07, 6.45) is 1.77. The van der Waals surface area contributed by atoms with Crippen LogP contribution in [0.5, 0.6) is 0 Å². The molecule has 7 heteroatoms. The number of aryl methyl sites for hydroxylation is 2. The molecule has 0 saturated carbocycles. The Morgan fingerprint density at radius 2 is 2.16 bits per heavy atom. The van der Waals surface area contributed by atoms with Gasteiger partial charge < -0.3 is 4.57 Å². The van der Waals surface area contributed by atoms with E-state index in [2.05, 4.69) is 5.10 Å². The second kappa shape index (κ2) is 4.68. The van der Waals surface area contributed by atoms with E-state index in [1.165, 1.54) is 4.68 Å². The van der Waals surface area contributed by atoms with Gasteiger partial charge in [-0.1, -0.05) is 0 Å². The first-order valence-corrected chi connectivity index (χ1v) is 5.74. The van der Waals surface area contributed by atoms with Crippen molar-refractivity contribution >= 4 is 11.5 Å². The number of ketones is 1. The third kappa shape index (κ3) is 2.26. The summed E-state index contributed by atoms with van der Waals surface area (Å²) in [4.78, 5) is 22.5. The van der Waals surface area contributed by atoms with Crippen molar-refractivity contribution in [2.75, 3.05) is 0 Å². The second-order valence-electron chi connectivity index (χ2n) is 4.36. The molecule has 100 valence electrons. The molecule has 19 heavy (non-hydrogen) atoms. The smallest absolute Gasteiger partial charge is 0.312 e. The molecule has 0 N–H and O–H groups in total. The van der Waals surface area contributed by atoms with E-state index in [0.717, 1.165) is 0 Å². The van der Waals surface area contributed by atoms with Crippen LogP contribution in [0.25, 0.3) is 0 Å². The van der Waals surface area contributed by atoms with Crippen LogP contribution in [-0.4, -0.2) is 25.1 Å². The molecule has 2 rings (SSSR count). The molecule has 2 aromatic rings. The Morgan fingerprint density at radius 3 is 2.63 bits per heavy atom. The maximum absolute atomic E-state index is 12.1. The van der Waals surface area contributed by atoms with Crippen LogP contribution >= 0.6 is 0 Å². The van der Waals surface area contributed by atoms with Gasteiger partial charge in [0, 0.05) is 13.2 Å². The quantitative estimate of drug-likeness (QED) is 0.476. The largest absolute Gasteiger partial charge is 0.348 e. The van der Waals surface area contributed by atoms with Crippen molar-refractivity contribution in [1.82, 2.24) is 14.3 Å². The third-order valence-electron chi connectivity index (χ3n) is 3.05. The van der Waals surface area contributed by atoms with E-state index < -0.39 is 4.92 Å². The maximum atomic E-state index is 12.1. The molecule has 0 atom stereocenters. The van der Waals surface area contributed by atoms with Crippen LogP contribution in [0.1, 0.15) is 21.9 Å². The average molecular weight is 262 g/mol. The molecule has 0 unspecified atom stereocenters. The van der Waals surface area contributed by atoms with E-state index in [9.17, 15) is 14.9 Å². The summed E-state index contributed by atoms with van der Waals surface area (Å²) in [5.41, 5.74) is 1.24. The zero-order valence-corrected chi connectivity index (χ0v) is 11.0. The lowest BCUT2D eigenvalue weighted by Gasteiger charge is -2.04. The minimum atomic E-state index is -0.471. The minimum absolute atomic E-state index is 0.00162. The summed E-state index contributed by atoms with van der Waals surface area (Å²) in [7, 11) is 1.77. The number of nitro groups is 1. The van der Waals surface area contributed by atoms with E-state index in [1.807, 2.05) is 0 Å². The number of carbonyl (C=O) groups excluding carboxylic acids is 1. The Labute approximate surface area is 109 Å². The van der Waals surface area contributed by atoms with Gasteiger partial charge in [0.15, 0.2) is 0 Å². The lowest BCUT2D eigenvalue weighted by molar-refractivity contribution is -0.386. The van der Waals surface area contributed by atoms with Gasteiger partial charge >= 0.3 is 5.69 Å². The Balaban J connectivity index is 2.30. The van der Waals surface area contributed by atoms with Crippen molar-refractivity contribution in [3.8, 4) is 0 Å². The second-order valence-corrected chi connectivity index (χ2v) is 4.36. The molecule has 0 aliphatic rings. The van der Waals surface area contributed by atoms with Crippen LogP contribution in [0.4, 0.5) is 5.69 Å². The highest BCUT2D eigenvalue weighted by molar-refractivity contribution is 5.94. The highest BCUT2D eigenvalue weighted by Gasteiger charge is 2.23. The zero-order chi connectivity index (χ0) is 14.2. The first kappa shape index (κ1) is 13.0. The van der Waals surface area contributed by atoms with Gasteiger partial charge in [-0.15, -0.1) is 0 Å². The van der Waals surface area contributed by atoms with Gasteiger partial charge in [-0.2, -0.15) is 5.10 Å². The SMILES string of the molecule is Cc1nn(CC(=O)c2cccn2C)c(C)c1[N+](=O)[O-]. The molecule has 0 amide bonds. The van der Waals surface area contributed by atoms with Gasteiger partial charge in [0.05, 0.1) is 10.6 Å². The van der Waals surface area contributed by atoms with Gasteiger partial charge in [-0.25, -0.2) is 0 Å². The molecular formula is C12H14N4O3. The molecule has 2 heterocycles. The molecular weight excluding hydrogens is 248 g/mol. The van der Waals surface area contributed by atoms with Crippen LogP contribution in [-0.2, 0) is 13.6 Å². The Kier molecular flexibility index (Phi) is 3.20. The first-order chi connectivity index (χ1) is 8.91. The molecule has 0 aliphatic heterocycles. The van der Waals surface area contributed by atoms with Crippen molar-refractivity contribution in [3.63, 3.8) is 0 Å². The molecule has 0 saturated heterocycles. The van der Waals surface area contributed by atoms with E-state index in [-0.39, 0.29) is 18.0 Å². The van der Waals surface area contributed by atoms with E-state index >= 15 is 0 Å². The lowest BCUT2D eigenvalue weighted by Crippen LogP contribution is -2.15. The van der Waals surface area contributed by atoms with Crippen molar-refractivity contribution in [2.24, 2.45) is 7.05 Å². The summed E-state index contributed by atoms with van der Waals surface area (Å²) in [5, 5.41) is 14.9. The topological polar surface area (TPSA) is 83.0 Å². The van der Waals surface area contributed by atoms with E-state index in [4.69, 9.17) is 0 Å². The van der Waals surface area contributed by atoms with Crippen molar-refractivity contribution in [1.29, 1.82) is 0 Å². The Morgan fingerprint density at radius 1 is 1.47 bits per heavy atom. The van der Waals surface area contributed by atoms with E-state index in [1.54, 1.807) is 43.8 Å². The summed E-state index contributed by atoms with van der Waals surface area (Å²) in [5.74, 6) is -0.131. The van der Waals surface area contributed by atoms with Crippen LogP contribution in [0.2, 0.25) is 0 Å². The summed E-state index contributed by atoms with van der Waals surface area (Å²) in [6, 6.07) is 3.49. The average Bonchev–Trinajstić information content (AvgIpc) is 2.84. The van der Waals surface area contributed by atoms with Gasteiger partial charge in [0.1, 0.15) is 17.9 Å². The highest BCUT2D eigenvalue weighted by Crippen LogP contribution is 2.21. The van der Waals surface area contributed by atoms with Gasteiger partial charge in [-0.3, -0.25) is 19.6 Å². The van der Waals surface area contributed by atoms with Crippen molar-refractivity contribution in [2.45, 2.75) is 20.4 Å². The predicted molar refractivity (Wildman–Crippen MR) is 68.1 cm³/mol. The number of carbonyl (C=O) groups is 1. The number of hydrogen-bond donors (Lipinski definition) is 0. The Bertz CT molecular complexity index is 654. The minimum Gasteiger partial charge on any atom is -0.348 e. The van der Waals surface area contributed by atoms with Gasteiger partial charge in [-0.05, 0) is 26.0 Å². The van der Waals surface area contributed by atoms with Gasteiger partial charge in [0.2, 0.25) is 5.78 Å².